The van der Waals surface area contributed by atoms with Crippen LogP contribution in [0.4, 0.5) is 8.78 Å². The number of ether oxygens (including phenoxy) is 1. The van der Waals surface area contributed by atoms with E-state index in [1.807, 2.05) is 0 Å². The first kappa shape index (κ1) is 15.4. The molecule has 0 atom stereocenters. The zero-order chi connectivity index (χ0) is 16.4. The summed E-state index contributed by atoms with van der Waals surface area (Å²) in [6.07, 6.45) is 0. The maximum atomic E-state index is 13.5. The van der Waals surface area contributed by atoms with Gasteiger partial charge in [0, 0.05) is 11.6 Å². The van der Waals surface area contributed by atoms with Crippen molar-refractivity contribution >= 4 is 11.6 Å². The first-order valence-corrected chi connectivity index (χ1v) is 7.27. The quantitative estimate of drug-likeness (QED) is 0.677. The normalized spacial score (nSPS) is 10.8. The van der Waals surface area contributed by atoms with Crippen LogP contribution in [0.2, 0.25) is 0 Å². The highest BCUT2D eigenvalue weighted by Crippen LogP contribution is 2.28. The molecule has 0 radical (unpaired) electrons. The molecule has 4 nitrogen and oxygen atoms in total. The van der Waals surface area contributed by atoms with Gasteiger partial charge >= 0.3 is 0 Å². The van der Waals surface area contributed by atoms with Gasteiger partial charge in [-0.15, -0.1) is 16.7 Å². The van der Waals surface area contributed by atoms with Gasteiger partial charge < -0.3 is 4.74 Å². The summed E-state index contributed by atoms with van der Waals surface area (Å²) in [7, 11) is 1.57. The van der Waals surface area contributed by atoms with Gasteiger partial charge in [0.15, 0.2) is 0 Å². The molecule has 1 aromatic heterocycles. The van der Waals surface area contributed by atoms with Gasteiger partial charge in [-0.25, -0.2) is 13.5 Å². The highest BCUT2D eigenvalue weighted by molar-refractivity contribution is 6.17. The van der Waals surface area contributed by atoms with Crippen LogP contribution in [0.1, 0.15) is 5.69 Å². The Labute approximate surface area is 136 Å². The van der Waals surface area contributed by atoms with Crippen LogP contribution in [-0.4, -0.2) is 22.1 Å². The second-order valence-electron chi connectivity index (χ2n) is 4.79. The average Bonchev–Trinajstić information content (AvgIpc) is 2.98. The molecule has 2 aromatic carbocycles. The summed E-state index contributed by atoms with van der Waals surface area (Å²) >= 11 is 5.89. The molecule has 0 aliphatic carbocycles. The molecule has 23 heavy (non-hydrogen) atoms. The van der Waals surface area contributed by atoms with Crippen molar-refractivity contribution in [2.45, 2.75) is 5.88 Å². The first-order valence-electron chi connectivity index (χ1n) is 6.74. The van der Waals surface area contributed by atoms with Crippen molar-refractivity contribution < 1.29 is 13.5 Å². The van der Waals surface area contributed by atoms with Crippen LogP contribution in [0, 0.1) is 11.6 Å². The average molecular weight is 336 g/mol. The zero-order valence-corrected chi connectivity index (χ0v) is 12.9. The van der Waals surface area contributed by atoms with E-state index in [4.69, 9.17) is 16.3 Å². The molecule has 0 saturated carbocycles. The Morgan fingerprint density at radius 1 is 1.09 bits per heavy atom. The number of alkyl halides is 1. The third-order valence-electron chi connectivity index (χ3n) is 3.32. The molecule has 0 N–H and O–H groups in total. The molecule has 0 bridgehead atoms. The van der Waals surface area contributed by atoms with Gasteiger partial charge in [-0.3, -0.25) is 0 Å². The van der Waals surface area contributed by atoms with Crippen LogP contribution in [-0.2, 0) is 5.88 Å². The van der Waals surface area contributed by atoms with Crippen LogP contribution >= 0.6 is 11.6 Å². The van der Waals surface area contributed by atoms with E-state index >= 15 is 0 Å². The SMILES string of the molecule is COc1ccc(-n2nnc(CCl)c2-c2cc(F)cc(F)c2)cc1. The molecule has 3 aromatic rings. The van der Waals surface area contributed by atoms with Crippen molar-refractivity contribution in [3.05, 3.63) is 59.8 Å². The summed E-state index contributed by atoms with van der Waals surface area (Å²) in [5.74, 6) is -0.598. The molecule has 0 unspecified atom stereocenters. The minimum Gasteiger partial charge on any atom is -0.497 e. The molecule has 0 amide bonds. The van der Waals surface area contributed by atoms with Gasteiger partial charge in [-0.1, -0.05) is 5.21 Å². The number of hydrogen-bond donors (Lipinski definition) is 0. The van der Waals surface area contributed by atoms with E-state index in [0.717, 1.165) is 6.07 Å². The molecule has 7 heteroatoms. The van der Waals surface area contributed by atoms with Crippen molar-refractivity contribution in [3.8, 4) is 22.7 Å². The van der Waals surface area contributed by atoms with E-state index in [2.05, 4.69) is 10.3 Å². The van der Waals surface area contributed by atoms with E-state index in [-0.39, 0.29) is 5.88 Å². The number of methoxy groups -OCH3 is 1. The number of rotatable bonds is 4. The first-order chi connectivity index (χ1) is 11.1. The Morgan fingerprint density at radius 3 is 2.30 bits per heavy atom. The summed E-state index contributed by atoms with van der Waals surface area (Å²) in [5, 5.41) is 8.04. The second kappa shape index (κ2) is 6.34. The number of halogens is 3. The molecule has 0 saturated heterocycles. The van der Waals surface area contributed by atoms with Gasteiger partial charge in [-0.2, -0.15) is 0 Å². The summed E-state index contributed by atoms with van der Waals surface area (Å²) in [4.78, 5) is 0. The molecule has 0 aliphatic rings. The third kappa shape index (κ3) is 3.03. The van der Waals surface area contributed by atoms with Crippen molar-refractivity contribution in [1.82, 2.24) is 15.0 Å². The number of benzene rings is 2. The largest absolute Gasteiger partial charge is 0.497 e. The van der Waals surface area contributed by atoms with Crippen LogP contribution in [0.15, 0.2) is 42.5 Å². The fourth-order valence-corrected chi connectivity index (χ4v) is 2.47. The van der Waals surface area contributed by atoms with Crippen molar-refractivity contribution in [3.63, 3.8) is 0 Å². The maximum absolute atomic E-state index is 13.5. The summed E-state index contributed by atoms with van der Waals surface area (Å²) in [5.41, 5.74) is 1.88. The Balaban J connectivity index is 2.16. The minimum atomic E-state index is -0.678. The van der Waals surface area contributed by atoms with Gasteiger partial charge in [0.05, 0.1) is 24.4 Å². The molecule has 118 valence electrons. The van der Waals surface area contributed by atoms with Crippen LogP contribution < -0.4 is 4.74 Å². The molecule has 0 fully saturated rings. The predicted octanol–water partition coefficient (Wildman–Crippen LogP) is 3.96. The Bertz CT molecular complexity index is 814. The number of nitrogens with zero attached hydrogens (tertiary/aromatic N) is 3. The smallest absolute Gasteiger partial charge is 0.126 e. The van der Waals surface area contributed by atoms with Gasteiger partial charge in [0.2, 0.25) is 0 Å². The summed E-state index contributed by atoms with van der Waals surface area (Å²) in [6.45, 7) is 0. The monoisotopic (exact) mass is 335 g/mol. The lowest BCUT2D eigenvalue weighted by atomic mass is 10.1. The van der Waals surface area contributed by atoms with Crippen molar-refractivity contribution in [2.24, 2.45) is 0 Å². The van der Waals surface area contributed by atoms with Crippen molar-refractivity contribution in [1.29, 1.82) is 0 Å². The predicted molar refractivity (Wildman–Crippen MR) is 82.8 cm³/mol. The van der Waals surface area contributed by atoms with E-state index in [1.165, 1.54) is 16.8 Å². The summed E-state index contributed by atoms with van der Waals surface area (Å²) in [6, 6.07) is 10.3. The lowest BCUT2D eigenvalue weighted by molar-refractivity contribution is 0.414. The van der Waals surface area contributed by atoms with Crippen LogP contribution in [0.5, 0.6) is 5.75 Å². The highest BCUT2D eigenvalue weighted by atomic mass is 35.5. The van der Waals surface area contributed by atoms with E-state index in [0.29, 0.717) is 28.4 Å². The molecule has 0 spiro atoms. The Morgan fingerprint density at radius 2 is 1.74 bits per heavy atom. The molecule has 3 rings (SSSR count). The lowest BCUT2D eigenvalue weighted by Gasteiger charge is -2.09. The standard InChI is InChI=1S/C16H12ClF2N3O/c1-23-14-4-2-13(3-5-14)22-16(15(9-17)20-21-22)10-6-11(18)8-12(19)7-10/h2-8H,9H2,1H3. The van der Waals surface area contributed by atoms with E-state index in [1.54, 1.807) is 31.4 Å². The molecule has 0 aliphatic heterocycles. The number of hydrogen-bond acceptors (Lipinski definition) is 3. The highest BCUT2D eigenvalue weighted by Gasteiger charge is 2.17. The van der Waals surface area contributed by atoms with Crippen LogP contribution in [0.3, 0.4) is 0 Å². The van der Waals surface area contributed by atoms with Crippen LogP contribution in [0.25, 0.3) is 16.9 Å². The number of aromatic nitrogens is 3. The van der Waals surface area contributed by atoms with E-state index < -0.39 is 11.6 Å². The fourth-order valence-electron chi connectivity index (χ4n) is 2.29. The molecular weight excluding hydrogens is 324 g/mol. The Hall–Kier alpha value is -2.47. The maximum Gasteiger partial charge on any atom is 0.126 e. The zero-order valence-electron chi connectivity index (χ0n) is 12.1. The van der Waals surface area contributed by atoms with Crippen molar-refractivity contribution in [2.75, 3.05) is 7.11 Å². The Kier molecular flexibility index (Phi) is 4.25. The molecule has 1 heterocycles. The summed E-state index contributed by atoms with van der Waals surface area (Å²) < 4.78 is 33.7. The van der Waals surface area contributed by atoms with Gasteiger partial charge in [-0.05, 0) is 36.4 Å². The lowest BCUT2D eigenvalue weighted by Crippen LogP contribution is -2.00. The third-order valence-corrected chi connectivity index (χ3v) is 3.57. The van der Waals surface area contributed by atoms with Gasteiger partial charge in [0.25, 0.3) is 0 Å². The van der Waals surface area contributed by atoms with E-state index in [9.17, 15) is 8.78 Å². The van der Waals surface area contributed by atoms with Gasteiger partial charge in [0.1, 0.15) is 23.1 Å². The minimum absolute atomic E-state index is 0.0730. The topological polar surface area (TPSA) is 39.9 Å². The second-order valence-corrected chi connectivity index (χ2v) is 5.05. The fraction of sp³-hybridized carbons (Fsp3) is 0.125. The molecular formula is C16H12ClF2N3O.